The molecule has 0 saturated carbocycles. The summed E-state index contributed by atoms with van der Waals surface area (Å²) in [4.78, 5) is 10.7. The number of nitrogens with one attached hydrogen (secondary N) is 1. The molecule has 0 saturated heterocycles. The van der Waals surface area contributed by atoms with Gasteiger partial charge in [0.05, 0.1) is 17.9 Å². The molecule has 0 fully saturated rings. The summed E-state index contributed by atoms with van der Waals surface area (Å²) in [7, 11) is 0. The van der Waals surface area contributed by atoms with Gasteiger partial charge in [0.1, 0.15) is 0 Å². The molecular weight excluding hydrogens is 198 g/mol. The summed E-state index contributed by atoms with van der Waals surface area (Å²) < 4.78 is 1.51. The van der Waals surface area contributed by atoms with Crippen LogP contribution in [0.1, 0.15) is 21.9 Å². The van der Waals surface area contributed by atoms with E-state index in [1.807, 2.05) is 0 Å². The zero-order chi connectivity index (χ0) is 10.8. The minimum absolute atomic E-state index is 0.0190. The van der Waals surface area contributed by atoms with Gasteiger partial charge in [-0.25, -0.2) is 9.48 Å². The molecular formula is C8H9N5O2. The summed E-state index contributed by atoms with van der Waals surface area (Å²) >= 11 is 0. The van der Waals surface area contributed by atoms with E-state index >= 15 is 0 Å². The molecule has 2 aromatic heterocycles. The molecule has 78 valence electrons. The fraction of sp³-hybridized carbons (Fsp3) is 0.250. The second-order valence-corrected chi connectivity index (χ2v) is 3.07. The minimum atomic E-state index is -1.07. The number of carboxylic acid groups (broad SMARTS) is 1. The van der Waals surface area contributed by atoms with Crippen molar-refractivity contribution in [3.63, 3.8) is 0 Å². The minimum Gasteiger partial charge on any atom is -0.476 e. The summed E-state index contributed by atoms with van der Waals surface area (Å²) in [6, 6.07) is 1.79. The molecule has 0 atom stereocenters. The van der Waals surface area contributed by atoms with Crippen LogP contribution in [0, 0.1) is 6.92 Å². The number of hydrogen-bond acceptors (Lipinski definition) is 4. The Morgan fingerprint density at radius 1 is 1.67 bits per heavy atom. The maximum Gasteiger partial charge on any atom is 0.358 e. The van der Waals surface area contributed by atoms with E-state index in [1.54, 1.807) is 19.2 Å². The van der Waals surface area contributed by atoms with Crippen LogP contribution in [0.4, 0.5) is 0 Å². The maximum absolute atomic E-state index is 10.7. The number of H-pyrrole nitrogens is 1. The lowest BCUT2D eigenvalue weighted by molar-refractivity contribution is 0.0689. The number of carboxylic acids is 1. The highest BCUT2D eigenvalue weighted by Gasteiger charge is 2.15. The van der Waals surface area contributed by atoms with E-state index < -0.39 is 5.97 Å². The van der Waals surface area contributed by atoms with Crippen LogP contribution >= 0.6 is 0 Å². The highest BCUT2D eigenvalue weighted by molar-refractivity contribution is 5.86. The van der Waals surface area contributed by atoms with Crippen molar-refractivity contribution in [2.24, 2.45) is 0 Å². The quantitative estimate of drug-likeness (QED) is 0.741. The second-order valence-electron chi connectivity index (χ2n) is 3.07. The van der Waals surface area contributed by atoms with E-state index in [4.69, 9.17) is 5.11 Å². The van der Waals surface area contributed by atoms with Crippen molar-refractivity contribution in [3.8, 4) is 0 Å². The van der Waals surface area contributed by atoms with Gasteiger partial charge in [0, 0.05) is 6.20 Å². The van der Waals surface area contributed by atoms with E-state index in [0.29, 0.717) is 12.2 Å². The summed E-state index contributed by atoms with van der Waals surface area (Å²) in [6.45, 7) is 2.10. The number of aromatic carboxylic acids is 1. The van der Waals surface area contributed by atoms with Gasteiger partial charge < -0.3 is 5.11 Å². The Morgan fingerprint density at radius 3 is 3.00 bits per heavy atom. The number of aromatic nitrogens is 5. The molecule has 0 radical (unpaired) electrons. The summed E-state index contributed by atoms with van der Waals surface area (Å²) in [5.74, 6) is -1.07. The molecule has 0 aliphatic heterocycles. The predicted molar refractivity (Wildman–Crippen MR) is 49.4 cm³/mol. The first-order valence-electron chi connectivity index (χ1n) is 4.30. The van der Waals surface area contributed by atoms with Crippen LogP contribution in [0.2, 0.25) is 0 Å². The fourth-order valence-electron chi connectivity index (χ4n) is 1.24. The van der Waals surface area contributed by atoms with Gasteiger partial charge in [0.2, 0.25) is 0 Å². The van der Waals surface area contributed by atoms with E-state index in [9.17, 15) is 4.79 Å². The Kier molecular flexibility index (Phi) is 2.20. The first-order chi connectivity index (χ1) is 7.18. The summed E-state index contributed by atoms with van der Waals surface area (Å²) in [6.07, 6.45) is 1.62. The summed E-state index contributed by atoms with van der Waals surface area (Å²) in [5.41, 5.74) is 1.35. The van der Waals surface area contributed by atoms with Crippen molar-refractivity contribution in [1.82, 2.24) is 25.2 Å². The molecule has 0 unspecified atom stereocenters. The van der Waals surface area contributed by atoms with Gasteiger partial charge in [-0.2, -0.15) is 5.10 Å². The molecule has 7 nitrogen and oxygen atoms in total. The average Bonchev–Trinajstić information content (AvgIpc) is 2.78. The Balaban J connectivity index is 2.27. The lowest BCUT2D eigenvalue weighted by atomic mass is 10.3. The van der Waals surface area contributed by atoms with Crippen LogP contribution < -0.4 is 0 Å². The van der Waals surface area contributed by atoms with E-state index in [0.717, 1.165) is 5.69 Å². The van der Waals surface area contributed by atoms with Crippen LogP contribution in [-0.2, 0) is 6.54 Å². The zero-order valence-corrected chi connectivity index (χ0v) is 8.01. The third-order valence-corrected chi connectivity index (χ3v) is 2.06. The third kappa shape index (κ3) is 1.71. The average molecular weight is 207 g/mol. The summed E-state index contributed by atoms with van der Waals surface area (Å²) in [5, 5.41) is 22.6. The highest BCUT2D eigenvalue weighted by atomic mass is 16.4. The van der Waals surface area contributed by atoms with Gasteiger partial charge in [-0.3, -0.25) is 5.10 Å². The number of aromatic amines is 1. The monoisotopic (exact) mass is 207 g/mol. The van der Waals surface area contributed by atoms with Gasteiger partial charge in [0.15, 0.2) is 5.69 Å². The number of rotatable bonds is 3. The van der Waals surface area contributed by atoms with E-state index in [2.05, 4.69) is 20.5 Å². The molecule has 15 heavy (non-hydrogen) atoms. The first kappa shape index (κ1) is 9.38. The molecule has 2 N–H and O–H groups in total. The standard InChI is InChI=1S/C8H9N5O2/c1-5-7(8(14)15)11-12-13(5)4-6-2-3-9-10-6/h2-3H,4H2,1H3,(H,9,10)(H,14,15). The molecule has 0 spiro atoms. The molecule has 0 aliphatic carbocycles. The number of hydrogen-bond donors (Lipinski definition) is 2. The largest absolute Gasteiger partial charge is 0.476 e. The first-order valence-corrected chi connectivity index (χ1v) is 4.30. The molecule has 2 rings (SSSR count). The molecule has 0 aliphatic rings. The van der Waals surface area contributed by atoms with Gasteiger partial charge in [-0.15, -0.1) is 5.10 Å². The van der Waals surface area contributed by atoms with Crippen LogP contribution in [0.25, 0.3) is 0 Å². The van der Waals surface area contributed by atoms with E-state index in [-0.39, 0.29) is 5.69 Å². The normalized spacial score (nSPS) is 10.5. The van der Waals surface area contributed by atoms with Crippen molar-refractivity contribution in [2.45, 2.75) is 13.5 Å². The predicted octanol–water partition coefficient (Wildman–Crippen LogP) is 0.0561. The fourth-order valence-corrected chi connectivity index (χ4v) is 1.24. The second kappa shape index (κ2) is 3.52. The smallest absolute Gasteiger partial charge is 0.358 e. The van der Waals surface area contributed by atoms with Crippen molar-refractivity contribution in [2.75, 3.05) is 0 Å². The number of carbonyl (C=O) groups is 1. The van der Waals surface area contributed by atoms with Crippen LogP contribution in [0.5, 0.6) is 0 Å². The molecule has 0 bridgehead atoms. The third-order valence-electron chi connectivity index (χ3n) is 2.06. The lowest BCUT2D eigenvalue weighted by Gasteiger charge is -1.99. The molecule has 0 aromatic carbocycles. The Hall–Kier alpha value is -2.18. The Morgan fingerprint density at radius 2 is 2.47 bits per heavy atom. The Bertz CT molecular complexity index is 473. The molecule has 7 heteroatoms. The topological polar surface area (TPSA) is 96.7 Å². The highest BCUT2D eigenvalue weighted by Crippen LogP contribution is 2.05. The SMILES string of the molecule is Cc1c(C(=O)O)nnn1Cc1ccn[nH]1. The zero-order valence-electron chi connectivity index (χ0n) is 8.01. The van der Waals surface area contributed by atoms with Crippen LogP contribution in [0.15, 0.2) is 12.3 Å². The maximum atomic E-state index is 10.7. The van der Waals surface area contributed by atoms with Crippen molar-refractivity contribution >= 4 is 5.97 Å². The van der Waals surface area contributed by atoms with Gasteiger partial charge >= 0.3 is 5.97 Å². The van der Waals surface area contributed by atoms with Crippen LogP contribution in [0.3, 0.4) is 0 Å². The van der Waals surface area contributed by atoms with Crippen LogP contribution in [-0.4, -0.2) is 36.3 Å². The van der Waals surface area contributed by atoms with Gasteiger partial charge in [0.25, 0.3) is 0 Å². The lowest BCUT2D eigenvalue weighted by Crippen LogP contribution is -2.06. The molecule has 2 heterocycles. The molecule has 0 amide bonds. The van der Waals surface area contributed by atoms with Gasteiger partial charge in [-0.05, 0) is 13.0 Å². The Labute approximate surface area is 84.7 Å². The van der Waals surface area contributed by atoms with E-state index in [1.165, 1.54) is 4.68 Å². The van der Waals surface area contributed by atoms with Gasteiger partial charge in [-0.1, -0.05) is 5.21 Å². The van der Waals surface area contributed by atoms with Crippen molar-refractivity contribution in [3.05, 3.63) is 29.3 Å². The van der Waals surface area contributed by atoms with Crippen molar-refractivity contribution in [1.29, 1.82) is 0 Å². The molecule has 2 aromatic rings. The number of nitrogens with zero attached hydrogens (tertiary/aromatic N) is 4. The van der Waals surface area contributed by atoms with Crippen molar-refractivity contribution < 1.29 is 9.90 Å².